The number of ether oxygens (including phenoxy) is 1. The quantitative estimate of drug-likeness (QED) is 0.295. The van der Waals surface area contributed by atoms with Crippen LogP contribution in [0.1, 0.15) is 6.23 Å². The number of phosphoric ester groups is 1. The van der Waals surface area contributed by atoms with Crippen LogP contribution in [0, 0.1) is 5.92 Å². The predicted molar refractivity (Wildman–Crippen MR) is 87.9 cm³/mol. The molecule has 0 saturated carbocycles. The Labute approximate surface area is 146 Å². The number of nitrogens with two attached hydrogens (primary N) is 1. The number of nitrogen functional groups attached to an aromatic ring is 1. The Hall–Kier alpha value is -1.86. The minimum Gasteiger partial charge on any atom is -0.388 e. The van der Waals surface area contributed by atoms with E-state index < -0.39 is 44.3 Å². The highest BCUT2D eigenvalue weighted by Crippen LogP contribution is 2.40. The van der Waals surface area contributed by atoms with E-state index in [-0.39, 0.29) is 17.1 Å². The van der Waals surface area contributed by atoms with Gasteiger partial charge < -0.3 is 30.7 Å². The molecular weight excluding hydrogens is 371 g/mol. The number of fused-ring (bicyclic) bond motifs is 1. The molecule has 0 aromatic carbocycles. The summed E-state index contributed by atoms with van der Waals surface area (Å²) in [7, 11) is -3.03. The summed E-state index contributed by atoms with van der Waals surface area (Å²) in [4.78, 5) is 40.0. The molecule has 0 spiro atoms. The van der Waals surface area contributed by atoms with Crippen LogP contribution in [0.15, 0.2) is 11.1 Å². The number of aliphatic hydroxyl groups is 1. The fourth-order valence-electron chi connectivity index (χ4n) is 2.97. The first kappa shape index (κ1) is 18.9. The molecule has 14 heteroatoms. The molecule has 2 aromatic heterocycles. The zero-order chi connectivity index (χ0) is 19.1. The molecule has 0 unspecified atom stereocenters. The molecule has 1 saturated heterocycles. The van der Waals surface area contributed by atoms with Crippen molar-refractivity contribution in [1.82, 2.24) is 24.8 Å². The largest absolute Gasteiger partial charge is 0.469 e. The van der Waals surface area contributed by atoms with Crippen LogP contribution >= 0.6 is 7.82 Å². The molecule has 144 valence electrons. The van der Waals surface area contributed by atoms with Gasteiger partial charge in [-0.1, -0.05) is 0 Å². The lowest BCUT2D eigenvalue weighted by molar-refractivity contribution is -0.0486. The van der Waals surface area contributed by atoms with Gasteiger partial charge in [0.1, 0.15) is 6.10 Å². The summed E-state index contributed by atoms with van der Waals surface area (Å²) in [6.45, 7) is -0.122. The second kappa shape index (κ2) is 7.04. The number of anilines is 1. The number of H-pyrrole nitrogens is 1. The number of aromatic amines is 1. The summed E-state index contributed by atoms with van der Waals surface area (Å²) in [5, 5.41) is 13.5. The zero-order valence-electron chi connectivity index (χ0n) is 13.6. The third kappa shape index (κ3) is 3.64. The number of imidazole rings is 1. The van der Waals surface area contributed by atoms with E-state index in [0.29, 0.717) is 6.54 Å². The van der Waals surface area contributed by atoms with E-state index in [9.17, 15) is 14.5 Å². The maximum absolute atomic E-state index is 11.9. The molecule has 3 heterocycles. The Morgan fingerprint density at radius 1 is 1.54 bits per heavy atom. The second-order valence-electron chi connectivity index (χ2n) is 5.84. The molecule has 1 fully saturated rings. The van der Waals surface area contributed by atoms with Crippen LogP contribution in [0.3, 0.4) is 0 Å². The number of rotatable bonds is 6. The summed E-state index contributed by atoms with van der Waals surface area (Å²) >= 11 is 0. The van der Waals surface area contributed by atoms with Crippen LogP contribution in [-0.4, -0.2) is 66.8 Å². The van der Waals surface area contributed by atoms with Gasteiger partial charge in [-0.05, 0) is 7.05 Å². The first-order chi connectivity index (χ1) is 12.2. The van der Waals surface area contributed by atoms with Crippen LogP contribution in [0.4, 0.5) is 5.95 Å². The van der Waals surface area contributed by atoms with E-state index in [1.807, 2.05) is 0 Å². The molecule has 1 aliphatic heterocycles. The van der Waals surface area contributed by atoms with Gasteiger partial charge in [0.2, 0.25) is 5.95 Å². The normalized spacial score (nSPS) is 26.6. The second-order valence-corrected chi connectivity index (χ2v) is 7.08. The van der Waals surface area contributed by atoms with Crippen molar-refractivity contribution >= 4 is 24.9 Å². The standard InChI is InChI=1S/C12H19N6O7P/c1-14-2-5-6(3-24-26(21,22)23)25-11(8(5)19)18-4-15-7-9(18)16-12(13)17-10(7)20/h4-6,8,11,14,19H,2-3H2,1H3,(H2,21,22,23)(H3,13,16,17,20)/t5-,6-,8-,11-/m1/s1. The number of nitrogens with one attached hydrogen (secondary N) is 2. The Kier molecular flexibility index (Phi) is 5.12. The van der Waals surface area contributed by atoms with Gasteiger partial charge in [-0.25, -0.2) is 9.55 Å². The topological polar surface area (TPSA) is 198 Å². The number of nitrogens with zero attached hydrogens (tertiary/aromatic N) is 3. The molecule has 1 aliphatic rings. The van der Waals surface area contributed by atoms with E-state index in [0.717, 1.165) is 0 Å². The highest BCUT2D eigenvalue weighted by Gasteiger charge is 2.45. The van der Waals surface area contributed by atoms with Crippen LogP contribution in [0.25, 0.3) is 11.2 Å². The lowest BCUT2D eigenvalue weighted by atomic mass is 9.98. The van der Waals surface area contributed by atoms with Gasteiger partial charge in [0.15, 0.2) is 17.4 Å². The summed E-state index contributed by atoms with van der Waals surface area (Å²) < 4.78 is 22.6. The maximum atomic E-state index is 11.9. The van der Waals surface area contributed by atoms with Gasteiger partial charge in [-0.15, -0.1) is 0 Å². The highest BCUT2D eigenvalue weighted by molar-refractivity contribution is 7.46. The minimum atomic E-state index is -4.69. The van der Waals surface area contributed by atoms with E-state index in [1.54, 1.807) is 7.05 Å². The molecule has 2 aromatic rings. The van der Waals surface area contributed by atoms with Gasteiger partial charge in [0.25, 0.3) is 5.56 Å². The fourth-order valence-corrected chi connectivity index (χ4v) is 3.31. The Bertz CT molecular complexity index is 894. The molecular formula is C12H19N6O7P. The Morgan fingerprint density at radius 2 is 2.27 bits per heavy atom. The van der Waals surface area contributed by atoms with E-state index in [1.165, 1.54) is 10.9 Å². The van der Waals surface area contributed by atoms with Crippen molar-refractivity contribution in [3.05, 3.63) is 16.7 Å². The van der Waals surface area contributed by atoms with Crippen molar-refractivity contribution in [1.29, 1.82) is 0 Å². The van der Waals surface area contributed by atoms with Gasteiger partial charge in [-0.2, -0.15) is 4.98 Å². The smallest absolute Gasteiger partial charge is 0.388 e. The molecule has 4 atom stereocenters. The van der Waals surface area contributed by atoms with Crippen molar-refractivity contribution in [2.75, 3.05) is 25.9 Å². The van der Waals surface area contributed by atoms with Crippen molar-refractivity contribution in [3.63, 3.8) is 0 Å². The van der Waals surface area contributed by atoms with Crippen LogP contribution in [0.5, 0.6) is 0 Å². The monoisotopic (exact) mass is 390 g/mol. The van der Waals surface area contributed by atoms with Crippen LogP contribution in [0.2, 0.25) is 0 Å². The van der Waals surface area contributed by atoms with E-state index in [4.69, 9.17) is 20.3 Å². The minimum absolute atomic E-state index is 0.0232. The SMILES string of the molecule is CNC[C@H]1[C@@H](O)[C@H](n2cnc3c(=O)[nH]c(N)nc32)O[C@@H]1COP(=O)(O)O. The summed E-state index contributed by atoms with van der Waals surface area (Å²) in [6.07, 6.45) is -1.60. The third-order valence-electron chi connectivity index (χ3n) is 4.09. The predicted octanol–water partition coefficient (Wildman–Crippen LogP) is -2.09. The van der Waals surface area contributed by atoms with Crippen LogP contribution < -0.4 is 16.6 Å². The average Bonchev–Trinajstić information content (AvgIpc) is 3.08. The fraction of sp³-hybridized carbons (Fsp3) is 0.583. The first-order valence-electron chi connectivity index (χ1n) is 7.62. The molecule has 0 amide bonds. The molecule has 0 bridgehead atoms. The maximum Gasteiger partial charge on any atom is 0.469 e. The number of aromatic nitrogens is 4. The summed E-state index contributed by atoms with van der Waals surface area (Å²) in [5.74, 6) is -0.654. The molecule has 3 rings (SSSR count). The first-order valence-corrected chi connectivity index (χ1v) is 9.15. The molecule has 13 nitrogen and oxygen atoms in total. The summed E-state index contributed by atoms with van der Waals surface area (Å²) in [5.41, 5.74) is 5.16. The van der Waals surface area contributed by atoms with Gasteiger partial charge in [0.05, 0.1) is 19.0 Å². The molecule has 7 N–H and O–H groups in total. The Morgan fingerprint density at radius 3 is 2.92 bits per heavy atom. The molecule has 0 aliphatic carbocycles. The third-order valence-corrected chi connectivity index (χ3v) is 4.58. The lowest BCUT2D eigenvalue weighted by Gasteiger charge is -2.19. The van der Waals surface area contributed by atoms with Crippen molar-refractivity contribution in [2.45, 2.75) is 18.4 Å². The average molecular weight is 390 g/mol. The van der Waals surface area contributed by atoms with Crippen molar-refractivity contribution in [2.24, 2.45) is 5.92 Å². The van der Waals surface area contributed by atoms with Crippen molar-refractivity contribution < 1.29 is 28.7 Å². The van der Waals surface area contributed by atoms with Gasteiger partial charge in [0, 0.05) is 12.5 Å². The number of hydrogen-bond donors (Lipinski definition) is 6. The number of hydrogen-bond acceptors (Lipinski definition) is 9. The van der Waals surface area contributed by atoms with Gasteiger partial charge >= 0.3 is 7.82 Å². The number of phosphoric acid groups is 1. The van der Waals surface area contributed by atoms with Crippen LogP contribution in [-0.2, 0) is 13.8 Å². The summed E-state index contributed by atoms with van der Waals surface area (Å²) in [6, 6.07) is 0. The van der Waals surface area contributed by atoms with Gasteiger partial charge in [-0.3, -0.25) is 18.9 Å². The number of aliphatic hydroxyl groups excluding tert-OH is 1. The van der Waals surface area contributed by atoms with Crippen molar-refractivity contribution in [3.8, 4) is 0 Å². The lowest BCUT2D eigenvalue weighted by Crippen LogP contribution is -2.36. The van der Waals surface area contributed by atoms with E-state index >= 15 is 0 Å². The molecule has 0 radical (unpaired) electrons. The zero-order valence-corrected chi connectivity index (χ0v) is 14.5. The Balaban J connectivity index is 1.93. The van der Waals surface area contributed by atoms with E-state index in [2.05, 4.69) is 24.8 Å². The highest BCUT2D eigenvalue weighted by atomic mass is 31.2. The molecule has 26 heavy (non-hydrogen) atoms.